The van der Waals surface area contributed by atoms with Crippen molar-refractivity contribution in [2.24, 2.45) is 0 Å². The molecule has 1 unspecified atom stereocenters. The van der Waals surface area contributed by atoms with Crippen LogP contribution in [-0.4, -0.2) is 27.2 Å². The standard InChI is InChI=1S/C10H14BrN3O3/c1-2-3-7(11)6-12-10(15)8-4-5-9(13-8)14(16)17/h4-5,7,13H,2-3,6H2,1H3,(H,12,15). The summed E-state index contributed by atoms with van der Waals surface area (Å²) >= 11 is 3.43. The zero-order valence-electron chi connectivity index (χ0n) is 9.40. The van der Waals surface area contributed by atoms with Gasteiger partial charge in [0.05, 0.1) is 0 Å². The lowest BCUT2D eigenvalue weighted by molar-refractivity contribution is -0.389. The summed E-state index contributed by atoms with van der Waals surface area (Å²) in [4.78, 5) is 24.1. The van der Waals surface area contributed by atoms with Crippen LogP contribution in [0.4, 0.5) is 5.82 Å². The highest BCUT2D eigenvalue weighted by molar-refractivity contribution is 9.09. The predicted octanol–water partition coefficient (Wildman–Crippen LogP) is 2.22. The fourth-order valence-electron chi connectivity index (χ4n) is 1.34. The smallest absolute Gasteiger partial charge is 0.321 e. The van der Waals surface area contributed by atoms with Gasteiger partial charge in [0, 0.05) is 17.4 Å². The van der Waals surface area contributed by atoms with E-state index in [0.717, 1.165) is 12.8 Å². The predicted molar refractivity (Wildman–Crippen MR) is 67.4 cm³/mol. The molecule has 0 spiro atoms. The number of nitro groups is 1. The number of rotatable bonds is 6. The lowest BCUT2D eigenvalue weighted by atomic mass is 10.2. The summed E-state index contributed by atoms with van der Waals surface area (Å²) in [5, 5.41) is 13.1. The Morgan fingerprint density at radius 1 is 1.65 bits per heavy atom. The molecule has 1 rings (SSSR count). The number of carbonyl (C=O) groups excluding carboxylic acids is 1. The number of alkyl halides is 1. The van der Waals surface area contributed by atoms with Crippen LogP contribution in [0, 0.1) is 10.1 Å². The number of halogens is 1. The van der Waals surface area contributed by atoms with E-state index in [1.54, 1.807) is 0 Å². The van der Waals surface area contributed by atoms with E-state index in [1.165, 1.54) is 12.1 Å². The third kappa shape index (κ3) is 4.18. The number of nitrogens with zero attached hydrogens (tertiary/aromatic N) is 1. The molecule has 0 saturated carbocycles. The second-order valence-electron chi connectivity index (χ2n) is 3.61. The third-order valence-electron chi connectivity index (χ3n) is 2.20. The van der Waals surface area contributed by atoms with Crippen molar-refractivity contribution >= 4 is 27.7 Å². The molecule has 0 bridgehead atoms. The van der Waals surface area contributed by atoms with Gasteiger partial charge in [-0.25, -0.2) is 4.98 Å². The van der Waals surface area contributed by atoms with Crippen molar-refractivity contribution in [3.63, 3.8) is 0 Å². The Bertz CT molecular complexity index is 405. The Kier molecular flexibility index (Phi) is 5.14. The summed E-state index contributed by atoms with van der Waals surface area (Å²) in [5.41, 5.74) is 0.202. The number of carbonyl (C=O) groups is 1. The average Bonchev–Trinajstić information content (AvgIpc) is 2.75. The maximum atomic E-state index is 11.6. The van der Waals surface area contributed by atoms with Gasteiger partial charge in [-0.3, -0.25) is 4.79 Å². The minimum absolute atomic E-state index is 0.181. The number of hydrogen-bond donors (Lipinski definition) is 2. The molecule has 0 fully saturated rings. The van der Waals surface area contributed by atoms with Crippen molar-refractivity contribution in [3.8, 4) is 0 Å². The van der Waals surface area contributed by atoms with Gasteiger partial charge in [0.2, 0.25) is 0 Å². The second-order valence-corrected chi connectivity index (χ2v) is 4.91. The molecule has 0 aromatic carbocycles. The van der Waals surface area contributed by atoms with E-state index in [0.29, 0.717) is 6.54 Å². The highest BCUT2D eigenvalue weighted by Gasteiger charge is 2.15. The van der Waals surface area contributed by atoms with Crippen LogP contribution in [0.1, 0.15) is 30.3 Å². The van der Waals surface area contributed by atoms with E-state index in [1.807, 2.05) is 0 Å². The second kappa shape index (κ2) is 6.39. The molecule has 1 aromatic heterocycles. The van der Waals surface area contributed by atoms with Crippen LogP contribution in [0.2, 0.25) is 0 Å². The lowest BCUT2D eigenvalue weighted by Crippen LogP contribution is -2.29. The van der Waals surface area contributed by atoms with E-state index in [-0.39, 0.29) is 22.2 Å². The maximum Gasteiger partial charge on any atom is 0.321 e. The summed E-state index contributed by atoms with van der Waals surface area (Å²) in [6.45, 7) is 2.56. The van der Waals surface area contributed by atoms with Gasteiger partial charge < -0.3 is 15.4 Å². The first-order chi connectivity index (χ1) is 8.04. The molecule has 1 atom stereocenters. The topological polar surface area (TPSA) is 88.0 Å². The number of aromatic nitrogens is 1. The number of hydrogen-bond acceptors (Lipinski definition) is 3. The first-order valence-corrected chi connectivity index (χ1v) is 6.21. The molecule has 1 amide bonds. The Hall–Kier alpha value is -1.37. The molecule has 94 valence electrons. The number of nitrogens with one attached hydrogen (secondary N) is 2. The fourth-order valence-corrected chi connectivity index (χ4v) is 1.96. The first kappa shape index (κ1) is 13.7. The van der Waals surface area contributed by atoms with E-state index in [4.69, 9.17) is 0 Å². The highest BCUT2D eigenvalue weighted by Crippen LogP contribution is 2.10. The van der Waals surface area contributed by atoms with Gasteiger partial charge in [0.1, 0.15) is 0 Å². The van der Waals surface area contributed by atoms with E-state index in [2.05, 4.69) is 33.2 Å². The summed E-state index contributed by atoms with van der Waals surface area (Å²) in [6, 6.07) is 2.67. The molecule has 1 aromatic rings. The van der Waals surface area contributed by atoms with Crippen molar-refractivity contribution in [2.45, 2.75) is 24.6 Å². The average molecular weight is 304 g/mol. The lowest BCUT2D eigenvalue weighted by Gasteiger charge is -2.08. The zero-order chi connectivity index (χ0) is 12.8. The van der Waals surface area contributed by atoms with Crippen LogP contribution in [-0.2, 0) is 0 Å². The van der Waals surface area contributed by atoms with Crippen molar-refractivity contribution in [2.75, 3.05) is 6.54 Å². The Morgan fingerprint density at radius 3 is 2.88 bits per heavy atom. The van der Waals surface area contributed by atoms with Crippen molar-refractivity contribution < 1.29 is 9.72 Å². The molecule has 2 N–H and O–H groups in total. The van der Waals surface area contributed by atoms with Crippen LogP contribution in [0.15, 0.2) is 12.1 Å². The molecule has 0 aliphatic heterocycles. The van der Waals surface area contributed by atoms with Crippen LogP contribution in [0.25, 0.3) is 0 Å². The molecular weight excluding hydrogens is 290 g/mol. The van der Waals surface area contributed by atoms with Crippen LogP contribution in [0.3, 0.4) is 0 Å². The molecular formula is C10H14BrN3O3. The third-order valence-corrected chi connectivity index (χ3v) is 2.98. The summed E-state index contributed by atoms with van der Waals surface area (Å²) in [7, 11) is 0. The van der Waals surface area contributed by atoms with Gasteiger partial charge in [-0.2, -0.15) is 0 Å². The zero-order valence-corrected chi connectivity index (χ0v) is 11.0. The maximum absolute atomic E-state index is 11.6. The van der Waals surface area contributed by atoms with Gasteiger partial charge in [-0.05, 0) is 17.4 Å². The van der Waals surface area contributed by atoms with Crippen molar-refractivity contribution in [3.05, 3.63) is 27.9 Å². The number of H-pyrrole nitrogens is 1. The normalized spacial score (nSPS) is 12.1. The quantitative estimate of drug-likeness (QED) is 0.480. The van der Waals surface area contributed by atoms with Crippen LogP contribution in [0.5, 0.6) is 0 Å². The van der Waals surface area contributed by atoms with Gasteiger partial charge in [0.25, 0.3) is 5.91 Å². The molecule has 0 aliphatic carbocycles. The van der Waals surface area contributed by atoms with Crippen molar-refractivity contribution in [1.82, 2.24) is 10.3 Å². The molecule has 0 aliphatic rings. The number of amides is 1. The van der Waals surface area contributed by atoms with E-state index >= 15 is 0 Å². The highest BCUT2D eigenvalue weighted by atomic mass is 79.9. The molecule has 0 radical (unpaired) electrons. The monoisotopic (exact) mass is 303 g/mol. The molecule has 6 nitrogen and oxygen atoms in total. The van der Waals surface area contributed by atoms with Gasteiger partial charge >= 0.3 is 5.82 Å². The largest absolute Gasteiger partial charge is 0.358 e. The molecule has 7 heteroatoms. The number of aromatic amines is 1. The van der Waals surface area contributed by atoms with E-state index in [9.17, 15) is 14.9 Å². The molecule has 1 heterocycles. The van der Waals surface area contributed by atoms with Gasteiger partial charge in [-0.15, -0.1) is 0 Å². The molecule has 17 heavy (non-hydrogen) atoms. The van der Waals surface area contributed by atoms with Crippen LogP contribution >= 0.6 is 15.9 Å². The summed E-state index contributed by atoms with van der Waals surface area (Å²) in [6.07, 6.45) is 1.99. The Labute approximate surface area is 107 Å². The summed E-state index contributed by atoms with van der Waals surface area (Å²) in [5.74, 6) is -0.516. The van der Waals surface area contributed by atoms with Gasteiger partial charge in [0.15, 0.2) is 5.69 Å². The SMILES string of the molecule is CCCC(Br)CNC(=O)c1ccc([N+](=O)[O-])[nH]1. The minimum atomic E-state index is -0.568. The fraction of sp³-hybridized carbons (Fsp3) is 0.500. The Balaban J connectivity index is 2.49. The molecule has 0 saturated heterocycles. The van der Waals surface area contributed by atoms with Crippen molar-refractivity contribution in [1.29, 1.82) is 0 Å². The van der Waals surface area contributed by atoms with Crippen LogP contribution < -0.4 is 5.32 Å². The summed E-state index contributed by atoms with van der Waals surface area (Å²) < 4.78 is 0. The van der Waals surface area contributed by atoms with Gasteiger partial charge in [-0.1, -0.05) is 29.3 Å². The van der Waals surface area contributed by atoms with E-state index < -0.39 is 4.92 Å². The minimum Gasteiger partial charge on any atom is -0.358 e. The Morgan fingerprint density at radius 2 is 2.35 bits per heavy atom. The first-order valence-electron chi connectivity index (χ1n) is 5.30.